The van der Waals surface area contributed by atoms with Crippen LogP contribution >= 0.6 is 11.3 Å². The Hall–Kier alpha value is -3.39. The van der Waals surface area contributed by atoms with Gasteiger partial charge in [-0.15, -0.1) is 11.3 Å². The van der Waals surface area contributed by atoms with Crippen LogP contribution in [0.25, 0.3) is 11.1 Å². The number of hydrogen-bond donors (Lipinski definition) is 2. The number of aromatic carboxylic acids is 1. The largest absolute Gasteiger partial charge is 0.493 e. The van der Waals surface area contributed by atoms with E-state index in [0.29, 0.717) is 33.2 Å². The predicted octanol–water partition coefficient (Wildman–Crippen LogP) is 4.74. The molecule has 2 N–H and O–H groups in total. The zero-order chi connectivity index (χ0) is 21.4. The second-order valence-electron chi connectivity index (χ2n) is 6.75. The van der Waals surface area contributed by atoms with Gasteiger partial charge < -0.3 is 19.9 Å². The molecule has 0 bridgehead atoms. The Morgan fingerprint density at radius 3 is 2.63 bits per heavy atom. The summed E-state index contributed by atoms with van der Waals surface area (Å²) in [5, 5.41) is 12.6. The van der Waals surface area contributed by atoms with Crippen LogP contribution in [-0.4, -0.2) is 31.2 Å². The molecule has 1 amide bonds. The van der Waals surface area contributed by atoms with Crippen molar-refractivity contribution in [3.63, 3.8) is 0 Å². The summed E-state index contributed by atoms with van der Waals surface area (Å²) in [5.41, 5.74) is 1.82. The number of hydrogen-bond acceptors (Lipinski definition) is 5. The number of para-hydroxylation sites is 1. The minimum absolute atomic E-state index is 0.0414. The Balaban J connectivity index is 1.97. The summed E-state index contributed by atoms with van der Waals surface area (Å²) in [7, 11) is 3.04. The van der Waals surface area contributed by atoms with Gasteiger partial charge in [-0.1, -0.05) is 24.3 Å². The van der Waals surface area contributed by atoms with E-state index in [1.807, 2.05) is 6.07 Å². The summed E-state index contributed by atoms with van der Waals surface area (Å²) in [5.74, 6) is -1.31. The molecule has 0 fully saturated rings. The van der Waals surface area contributed by atoms with Gasteiger partial charge in [-0.05, 0) is 23.8 Å². The standard InChI is InChI=1S/C22H18FNO5S/c1-28-15-8-4-7-13(19(15)29-2)14-10-16(25)24-18-17(11-5-3-6-12(23)9-11)21(22(26)27)30-20(14)18/h3-9,14H,10H2,1-2H3,(H,24,25)(H,26,27). The Labute approximate surface area is 175 Å². The Morgan fingerprint density at radius 2 is 1.97 bits per heavy atom. The molecule has 154 valence electrons. The van der Waals surface area contributed by atoms with Gasteiger partial charge in [-0.2, -0.15) is 0 Å². The van der Waals surface area contributed by atoms with Crippen molar-refractivity contribution in [1.82, 2.24) is 0 Å². The van der Waals surface area contributed by atoms with Crippen LogP contribution in [0.5, 0.6) is 11.5 Å². The molecular weight excluding hydrogens is 409 g/mol. The first-order valence-electron chi connectivity index (χ1n) is 9.11. The SMILES string of the molecule is COc1cccc(C2CC(=O)Nc3c2sc(C(=O)O)c3-c2cccc(F)c2)c1OC. The van der Waals surface area contributed by atoms with Gasteiger partial charge in [0.2, 0.25) is 5.91 Å². The van der Waals surface area contributed by atoms with Gasteiger partial charge in [0, 0.05) is 28.3 Å². The van der Waals surface area contributed by atoms with Crippen LogP contribution in [0.4, 0.5) is 10.1 Å². The van der Waals surface area contributed by atoms with E-state index in [1.54, 1.807) is 18.2 Å². The number of amides is 1. The first-order chi connectivity index (χ1) is 14.4. The second-order valence-corrected chi connectivity index (χ2v) is 7.80. The number of carbonyl (C=O) groups excluding carboxylic acids is 1. The maximum absolute atomic E-state index is 13.9. The highest BCUT2D eigenvalue weighted by Crippen LogP contribution is 2.51. The predicted molar refractivity (Wildman–Crippen MR) is 111 cm³/mol. The molecule has 1 aromatic heterocycles. The van der Waals surface area contributed by atoms with E-state index in [9.17, 15) is 19.1 Å². The Morgan fingerprint density at radius 1 is 1.20 bits per heavy atom. The summed E-state index contributed by atoms with van der Waals surface area (Å²) in [6, 6.07) is 11.1. The average molecular weight is 427 g/mol. The number of halogens is 1. The first kappa shape index (κ1) is 19.9. The number of carboxylic acids is 1. The maximum Gasteiger partial charge on any atom is 0.346 e. The molecule has 3 aromatic rings. The second kappa shape index (κ2) is 7.79. The zero-order valence-corrected chi connectivity index (χ0v) is 17.0. The minimum Gasteiger partial charge on any atom is -0.493 e. The van der Waals surface area contributed by atoms with Gasteiger partial charge in [0.05, 0.1) is 19.9 Å². The molecule has 4 rings (SSSR count). The fourth-order valence-corrected chi connectivity index (χ4v) is 5.03. The molecule has 0 saturated carbocycles. The van der Waals surface area contributed by atoms with Crippen LogP contribution < -0.4 is 14.8 Å². The number of benzene rings is 2. The lowest BCUT2D eigenvalue weighted by atomic mass is 9.88. The summed E-state index contributed by atoms with van der Waals surface area (Å²) < 4.78 is 24.8. The van der Waals surface area contributed by atoms with Gasteiger partial charge in [0.15, 0.2) is 11.5 Å². The van der Waals surface area contributed by atoms with Crippen LogP contribution in [-0.2, 0) is 4.79 Å². The monoisotopic (exact) mass is 427 g/mol. The molecule has 0 aliphatic carbocycles. The quantitative estimate of drug-likeness (QED) is 0.614. The van der Waals surface area contributed by atoms with E-state index in [1.165, 1.54) is 32.4 Å². The molecule has 8 heteroatoms. The van der Waals surface area contributed by atoms with E-state index in [4.69, 9.17) is 9.47 Å². The molecule has 0 radical (unpaired) electrons. The van der Waals surface area contributed by atoms with E-state index < -0.39 is 17.7 Å². The van der Waals surface area contributed by atoms with Crippen LogP contribution in [0.1, 0.15) is 32.5 Å². The lowest BCUT2D eigenvalue weighted by molar-refractivity contribution is -0.116. The highest BCUT2D eigenvalue weighted by atomic mass is 32.1. The number of rotatable bonds is 5. The van der Waals surface area contributed by atoms with Crippen molar-refractivity contribution in [2.45, 2.75) is 12.3 Å². The van der Waals surface area contributed by atoms with Crippen LogP contribution in [0, 0.1) is 5.82 Å². The topological polar surface area (TPSA) is 84.9 Å². The molecule has 30 heavy (non-hydrogen) atoms. The highest BCUT2D eigenvalue weighted by Gasteiger charge is 2.36. The number of carbonyl (C=O) groups is 2. The molecule has 1 aliphatic rings. The lowest BCUT2D eigenvalue weighted by Gasteiger charge is -2.25. The number of ether oxygens (including phenoxy) is 2. The Bertz CT molecular complexity index is 1160. The van der Waals surface area contributed by atoms with Crippen LogP contribution in [0.3, 0.4) is 0 Å². The van der Waals surface area contributed by atoms with E-state index in [2.05, 4.69) is 5.32 Å². The number of anilines is 1. The van der Waals surface area contributed by atoms with Crippen molar-refractivity contribution in [2.75, 3.05) is 19.5 Å². The van der Waals surface area contributed by atoms with Gasteiger partial charge >= 0.3 is 5.97 Å². The Kier molecular flexibility index (Phi) is 5.17. The highest BCUT2D eigenvalue weighted by molar-refractivity contribution is 7.15. The van der Waals surface area contributed by atoms with Crippen molar-refractivity contribution in [3.05, 3.63) is 63.6 Å². The third kappa shape index (κ3) is 3.29. The molecule has 0 saturated heterocycles. The van der Waals surface area contributed by atoms with Gasteiger partial charge in [-0.25, -0.2) is 9.18 Å². The normalized spacial score (nSPS) is 15.3. The van der Waals surface area contributed by atoms with Crippen molar-refractivity contribution in [2.24, 2.45) is 0 Å². The third-order valence-electron chi connectivity index (χ3n) is 5.02. The van der Waals surface area contributed by atoms with Crippen LogP contribution in [0.2, 0.25) is 0 Å². The molecule has 0 spiro atoms. The summed E-state index contributed by atoms with van der Waals surface area (Å²) in [6.45, 7) is 0. The van der Waals surface area contributed by atoms with Crippen molar-refractivity contribution in [1.29, 1.82) is 0 Å². The van der Waals surface area contributed by atoms with E-state index in [-0.39, 0.29) is 17.2 Å². The average Bonchev–Trinajstić information content (AvgIpc) is 3.12. The number of methoxy groups -OCH3 is 2. The van der Waals surface area contributed by atoms with Crippen molar-refractivity contribution >= 4 is 28.9 Å². The lowest BCUT2D eigenvalue weighted by Crippen LogP contribution is -2.22. The number of nitrogens with one attached hydrogen (secondary N) is 1. The fourth-order valence-electron chi connectivity index (χ4n) is 3.79. The van der Waals surface area contributed by atoms with Crippen molar-refractivity contribution < 1.29 is 28.6 Å². The smallest absolute Gasteiger partial charge is 0.346 e. The van der Waals surface area contributed by atoms with E-state index >= 15 is 0 Å². The zero-order valence-electron chi connectivity index (χ0n) is 16.2. The van der Waals surface area contributed by atoms with Gasteiger partial charge in [-0.3, -0.25) is 4.79 Å². The van der Waals surface area contributed by atoms with Gasteiger partial charge in [0.1, 0.15) is 10.7 Å². The molecule has 2 aromatic carbocycles. The third-order valence-corrected chi connectivity index (χ3v) is 6.31. The summed E-state index contributed by atoms with van der Waals surface area (Å²) >= 11 is 1.08. The minimum atomic E-state index is -1.14. The number of thiophene rings is 1. The van der Waals surface area contributed by atoms with Crippen molar-refractivity contribution in [3.8, 4) is 22.6 Å². The number of fused-ring (bicyclic) bond motifs is 1. The fraction of sp³-hybridized carbons (Fsp3) is 0.182. The molecule has 6 nitrogen and oxygen atoms in total. The summed E-state index contributed by atoms with van der Waals surface area (Å²) in [4.78, 5) is 25.3. The maximum atomic E-state index is 13.9. The van der Waals surface area contributed by atoms with E-state index in [0.717, 1.165) is 16.9 Å². The molecule has 1 aliphatic heterocycles. The molecule has 1 atom stereocenters. The molecular formula is C22H18FNO5S. The molecule has 1 unspecified atom stereocenters. The molecule has 2 heterocycles. The van der Waals surface area contributed by atoms with Gasteiger partial charge in [0.25, 0.3) is 0 Å². The van der Waals surface area contributed by atoms with Crippen LogP contribution in [0.15, 0.2) is 42.5 Å². The first-order valence-corrected chi connectivity index (χ1v) is 9.92. The number of carboxylic acid groups (broad SMARTS) is 1. The summed E-state index contributed by atoms with van der Waals surface area (Å²) in [6.07, 6.45) is 0.124.